The van der Waals surface area contributed by atoms with Crippen molar-refractivity contribution in [3.63, 3.8) is 0 Å². The quantitative estimate of drug-likeness (QED) is 0.828. The molecule has 5 heteroatoms. The summed E-state index contributed by atoms with van der Waals surface area (Å²) in [4.78, 5) is 0.168. The van der Waals surface area contributed by atoms with Gasteiger partial charge in [-0.1, -0.05) is 12.1 Å². The van der Waals surface area contributed by atoms with Gasteiger partial charge in [-0.15, -0.1) is 0 Å². The van der Waals surface area contributed by atoms with Gasteiger partial charge in [0.15, 0.2) is 0 Å². The molecule has 16 heavy (non-hydrogen) atoms. The maximum atomic E-state index is 11.1. The molecule has 0 aromatic heterocycles. The number of benzene rings is 1. The Labute approximate surface area is 100 Å². The molecule has 3 nitrogen and oxygen atoms in total. The molecule has 1 unspecified atom stereocenters. The number of hydrogen-bond acceptors (Lipinski definition) is 3. The standard InChI is InChI=1S/C11H14ClNO2S/c12-16(14,15)11-5-3-9(4-6-11)10-2-1-7-13-8-10/h3-6,10,13H,1-2,7-8H2. The molecule has 1 aromatic rings. The lowest BCUT2D eigenvalue weighted by Gasteiger charge is -2.23. The van der Waals surface area contributed by atoms with Gasteiger partial charge >= 0.3 is 0 Å². The highest BCUT2D eigenvalue weighted by molar-refractivity contribution is 8.13. The summed E-state index contributed by atoms with van der Waals surface area (Å²) in [5.41, 5.74) is 1.18. The average molecular weight is 260 g/mol. The van der Waals surface area contributed by atoms with Crippen molar-refractivity contribution < 1.29 is 8.42 Å². The lowest BCUT2D eigenvalue weighted by atomic mass is 9.92. The first-order valence-electron chi connectivity index (χ1n) is 5.33. The minimum atomic E-state index is -3.59. The summed E-state index contributed by atoms with van der Waals surface area (Å²) in [7, 11) is 1.66. The summed E-state index contributed by atoms with van der Waals surface area (Å²) < 4.78 is 22.1. The third-order valence-corrected chi connectivity index (χ3v) is 4.30. The molecular formula is C11H14ClNO2S. The molecule has 1 aliphatic rings. The van der Waals surface area contributed by atoms with Gasteiger partial charge in [0, 0.05) is 17.2 Å². The molecule has 0 aliphatic carbocycles. The van der Waals surface area contributed by atoms with Crippen LogP contribution in [0, 0.1) is 0 Å². The van der Waals surface area contributed by atoms with Crippen molar-refractivity contribution in [2.45, 2.75) is 23.7 Å². The van der Waals surface area contributed by atoms with E-state index in [1.54, 1.807) is 12.1 Å². The van der Waals surface area contributed by atoms with Crippen LogP contribution in [0.3, 0.4) is 0 Å². The van der Waals surface area contributed by atoms with Gasteiger partial charge in [-0.3, -0.25) is 0 Å². The molecule has 88 valence electrons. The van der Waals surface area contributed by atoms with Gasteiger partial charge in [0.05, 0.1) is 4.90 Å². The van der Waals surface area contributed by atoms with Gasteiger partial charge in [-0.2, -0.15) is 0 Å². The molecular weight excluding hydrogens is 246 g/mol. The minimum absolute atomic E-state index is 0.168. The van der Waals surface area contributed by atoms with Crippen LogP contribution < -0.4 is 5.32 Å². The second-order valence-electron chi connectivity index (χ2n) is 4.05. The monoisotopic (exact) mass is 259 g/mol. The minimum Gasteiger partial charge on any atom is -0.316 e. The van der Waals surface area contributed by atoms with E-state index in [-0.39, 0.29) is 4.90 Å². The highest BCUT2D eigenvalue weighted by atomic mass is 35.7. The predicted molar refractivity (Wildman–Crippen MR) is 64.3 cm³/mol. The summed E-state index contributed by atoms with van der Waals surface area (Å²) in [6.07, 6.45) is 2.32. The van der Waals surface area contributed by atoms with Gasteiger partial charge in [-0.25, -0.2) is 8.42 Å². The summed E-state index contributed by atoms with van der Waals surface area (Å²) >= 11 is 0. The maximum Gasteiger partial charge on any atom is 0.261 e. The smallest absolute Gasteiger partial charge is 0.261 e. The highest BCUT2D eigenvalue weighted by Crippen LogP contribution is 2.25. The maximum absolute atomic E-state index is 11.1. The largest absolute Gasteiger partial charge is 0.316 e. The second kappa shape index (κ2) is 4.73. The van der Waals surface area contributed by atoms with Gasteiger partial charge in [-0.05, 0) is 43.0 Å². The Bertz CT molecular complexity index is 449. The summed E-state index contributed by atoms with van der Waals surface area (Å²) in [6.45, 7) is 2.04. The lowest BCUT2D eigenvalue weighted by Crippen LogP contribution is -2.28. The zero-order valence-electron chi connectivity index (χ0n) is 8.82. The summed E-state index contributed by atoms with van der Waals surface area (Å²) in [5.74, 6) is 0.487. The highest BCUT2D eigenvalue weighted by Gasteiger charge is 2.16. The first kappa shape index (κ1) is 11.9. The van der Waals surface area contributed by atoms with E-state index in [2.05, 4.69) is 5.32 Å². The van der Waals surface area contributed by atoms with Gasteiger partial charge in [0.25, 0.3) is 9.05 Å². The second-order valence-corrected chi connectivity index (χ2v) is 6.62. The van der Waals surface area contributed by atoms with Crippen molar-refractivity contribution in [1.29, 1.82) is 0 Å². The van der Waals surface area contributed by atoms with E-state index in [9.17, 15) is 8.42 Å². The Morgan fingerprint density at radius 2 is 1.94 bits per heavy atom. The van der Waals surface area contributed by atoms with Crippen LogP contribution in [0.5, 0.6) is 0 Å². The zero-order valence-corrected chi connectivity index (χ0v) is 10.4. The molecule has 0 radical (unpaired) electrons. The molecule has 0 spiro atoms. The molecule has 0 bridgehead atoms. The SMILES string of the molecule is O=S(=O)(Cl)c1ccc(C2CCCNC2)cc1. The van der Waals surface area contributed by atoms with Gasteiger partial charge < -0.3 is 5.32 Å². The summed E-state index contributed by atoms with van der Waals surface area (Å²) in [5, 5.41) is 3.33. The van der Waals surface area contributed by atoms with E-state index in [1.165, 1.54) is 12.0 Å². The van der Waals surface area contributed by atoms with Crippen molar-refractivity contribution in [3.05, 3.63) is 29.8 Å². The van der Waals surface area contributed by atoms with Crippen molar-refractivity contribution in [3.8, 4) is 0 Å². The van der Waals surface area contributed by atoms with Crippen LogP contribution in [0.4, 0.5) is 0 Å². The van der Waals surface area contributed by atoms with Gasteiger partial charge in [0.2, 0.25) is 0 Å². The van der Waals surface area contributed by atoms with E-state index in [4.69, 9.17) is 10.7 Å². The van der Waals surface area contributed by atoms with E-state index in [0.29, 0.717) is 5.92 Å². The molecule has 1 N–H and O–H groups in total. The van der Waals surface area contributed by atoms with Crippen LogP contribution in [0.2, 0.25) is 0 Å². The number of halogens is 1. The first-order valence-corrected chi connectivity index (χ1v) is 7.63. The molecule has 0 saturated carbocycles. The Kier molecular flexibility index (Phi) is 3.52. The van der Waals surface area contributed by atoms with Crippen LogP contribution in [-0.2, 0) is 9.05 Å². The number of hydrogen-bond donors (Lipinski definition) is 1. The number of nitrogens with one attached hydrogen (secondary N) is 1. The molecule has 0 amide bonds. The Morgan fingerprint density at radius 3 is 2.44 bits per heavy atom. The van der Waals surface area contributed by atoms with E-state index >= 15 is 0 Å². The molecule has 1 atom stereocenters. The lowest BCUT2D eigenvalue weighted by molar-refractivity contribution is 0.461. The third kappa shape index (κ3) is 2.75. The average Bonchev–Trinajstić information content (AvgIpc) is 2.29. The fraction of sp³-hybridized carbons (Fsp3) is 0.455. The Morgan fingerprint density at radius 1 is 1.25 bits per heavy atom. The van der Waals surface area contributed by atoms with Crippen LogP contribution in [0.1, 0.15) is 24.3 Å². The fourth-order valence-electron chi connectivity index (χ4n) is 2.04. The number of piperidine rings is 1. The van der Waals surface area contributed by atoms with Crippen molar-refractivity contribution in [2.24, 2.45) is 0 Å². The van der Waals surface area contributed by atoms with Crippen molar-refractivity contribution in [1.82, 2.24) is 5.32 Å². The summed E-state index contributed by atoms with van der Waals surface area (Å²) in [6, 6.07) is 6.86. The zero-order chi connectivity index (χ0) is 11.6. The molecule has 1 saturated heterocycles. The molecule has 1 aliphatic heterocycles. The molecule has 1 heterocycles. The van der Waals surface area contributed by atoms with Crippen LogP contribution in [0.15, 0.2) is 29.2 Å². The van der Waals surface area contributed by atoms with E-state index in [0.717, 1.165) is 19.5 Å². The molecule has 1 aromatic carbocycles. The Hall–Kier alpha value is -0.580. The normalized spacial score (nSPS) is 21.9. The van der Waals surface area contributed by atoms with Gasteiger partial charge in [0.1, 0.15) is 0 Å². The first-order chi connectivity index (χ1) is 7.57. The van der Waals surface area contributed by atoms with E-state index in [1.807, 2.05) is 12.1 Å². The van der Waals surface area contributed by atoms with E-state index < -0.39 is 9.05 Å². The van der Waals surface area contributed by atoms with Crippen molar-refractivity contribution >= 4 is 19.7 Å². The fourth-order valence-corrected chi connectivity index (χ4v) is 2.81. The Balaban J connectivity index is 2.18. The topological polar surface area (TPSA) is 46.2 Å². The van der Waals surface area contributed by atoms with Crippen LogP contribution in [0.25, 0.3) is 0 Å². The molecule has 2 rings (SSSR count). The third-order valence-electron chi connectivity index (χ3n) is 2.93. The molecule has 1 fully saturated rings. The number of rotatable bonds is 2. The van der Waals surface area contributed by atoms with Crippen molar-refractivity contribution in [2.75, 3.05) is 13.1 Å². The van der Waals surface area contributed by atoms with Crippen LogP contribution >= 0.6 is 10.7 Å². The van der Waals surface area contributed by atoms with Crippen LogP contribution in [-0.4, -0.2) is 21.5 Å². The predicted octanol–water partition coefficient (Wildman–Crippen LogP) is 2.08.